The third-order valence-electron chi connectivity index (χ3n) is 3.12. The van der Waals surface area contributed by atoms with Crippen LogP contribution in [-0.2, 0) is 0 Å². The summed E-state index contributed by atoms with van der Waals surface area (Å²) in [6, 6.07) is 0. The molecule has 2 unspecified atom stereocenters. The highest BCUT2D eigenvalue weighted by Gasteiger charge is 2.18. The van der Waals surface area contributed by atoms with Crippen molar-refractivity contribution in [2.24, 2.45) is 17.8 Å². The van der Waals surface area contributed by atoms with E-state index < -0.39 is 0 Å². The first-order valence-electron chi connectivity index (χ1n) is 5.63. The summed E-state index contributed by atoms with van der Waals surface area (Å²) in [6.45, 7) is 11.7. The van der Waals surface area contributed by atoms with Crippen LogP contribution in [0.15, 0.2) is 0 Å². The second-order valence-corrected chi connectivity index (χ2v) is 4.44. The van der Waals surface area contributed by atoms with Crippen LogP contribution in [0.5, 0.6) is 0 Å². The average molecular weight is 170 g/mol. The van der Waals surface area contributed by atoms with E-state index in [1.165, 1.54) is 25.7 Å². The summed E-state index contributed by atoms with van der Waals surface area (Å²) in [4.78, 5) is 0. The molecular formula is C12H26. The Morgan fingerprint density at radius 2 is 1.58 bits per heavy atom. The van der Waals surface area contributed by atoms with Crippen LogP contribution in [-0.4, -0.2) is 0 Å². The number of rotatable bonds is 6. The SMILES string of the molecule is CCCCC(C(C)C)C(C)CC. The van der Waals surface area contributed by atoms with Crippen LogP contribution in [0, 0.1) is 17.8 Å². The monoisotopic (exact) mass is 170 g/mol. The van der Waals surface area contributed by atoms with Crippen LogP contribution in [0.4, 0.5) is 0 Å². The molecule has 0 amide bonds. The van der Waals surface area contributed by atoms with Gasteiger partial charge in [-0.3, -0.25) is 0 Å². The van der Waals surface area contributed by atoms with Gasteiger partial charge in [0.2, 0.25) is 0 Å². The van der Waals surface area contributed by atoms with Crippen molar-refractivity contribution in [3.05, 3.63) is 0 Å². The maximum Gasteiger partial charge on any atom is -0.0365 e. The minimum atomic E-state index is 0.867. The van der Waals surface area contributed by atoms with Crippen LogP contribution in [0.3, 0.4) is 0 Å². The van der Waals surface area contributed by atoms with Gasteiger partial charge in [0.1, 0.15) is 0 Å². The minimum absolute atomic E-state index is 0.867. The molecule has 0 nitrogen and oxygen atoms in total. The lowest BCUT2D eigenvalue weighted by atomic mass is 9.80. The summed E-state index contributed by atoms with van der Waals surface area (Å²) < 4.78 is 0. The predicted molar refractivity (Wildman–Crippen MR) is 57.3 cm³/mol. The molecule has 0 aliphatic rings. The van der Waals surface area contributed by atoms with Gasteiger partial charge in [0, 0.05) is 0 Å². The lowest BCUT2D eigenvalue weighted by Gasteiger charge is -2.26. The van der Waals surface area contributed by atoms with Gasteiger partial charge in [-0.05, 0) is 24.2 Å². The zero-order valence-corrected chi connectivity index (χ0v) is 9.56. The van der Waals surface area contributed by atoms with Crippen molar-refractivity contribution in [3.8, 4) is 0 Å². The zero-order chi connectivity index (χ0) is 9.56. The maximum atomic E-state index is 2.40. The molecule has 0 rings (SSSR count). The Bertz CT molecular complexity index is 94.2. The molecule has 0 fully saturated rings. The summed E-state index contributed by atoms with van der Waals surface area (Å²) in [5.41, 5.74) is 0. The molecule has 0 saturated carbocycles. The molecular weight excluding hydrogens is 144 g/mol. The number of hydrogen-bond acceptors (Lipinski definition) is 0. The Morgan fingerprint density at radius 1 is 1.00 bits per heavy atom. The van der Waals surface area contributed by atoms with Crippen LogP contribution in [0.1, 0.15) is 60.3 Å². The minimum Gasteiger partial charge on any atom is -0.0654 e. The predicted octanol–water partition coefficient (Wildman–Crippen LogP) is 4.49. The van der Waals surface area contributed by atoms with Gasteiger partial charge >= 0.3 is 0 Å². The fourth-order valence-electron chi connectivity index (χ4n) is 2.02. The van der Waals surface area contributed by atoms with Gasteiger partial charge in [-0.1, -0.05) is 53.9 Å². The summed E-state index contributed by atoms with van der Waals surface area (Å²) >= 11 is 0. The van der Waals surface area contributed by atoms with Crippen molar-refractivity contribution in [2.75, 3.05) is 0 Å². The molecule has 74 valence electrons. The summed E-state index contributed by atoms with van der Waals surface area (Å²) in [5, 5.41) is 0. The molecule has 0 bridgehead atoms. The molecule has 0 N–H and O–H groups in total. The Balaban J connectivity index is 3.85. The van der Waals surface area contributed by atoms with Crippen LogP contribution in [0.25, 0.3) is 0 Å². The van der Waals surface area contributed by atoms with Gasteiger partial charge in [-0.25, -0.2) is 0 Å². The van der Waals surface area contributed by atoms with E-state index in [0.29, 0.717) is 0 Å². The molecule has 2 atom stereocenters. The van der Waals surface area contributed by atoms with Crippen molar-refractivity contribution in [2.45, 2.75) is 60.3 Å². The van der Waals surface area contributed by atoms with Crippen LogP contribution < -0.4 is 0 Å². The van der Waals surface area contributed by atoms with E-state index in [-0.39, 0.29) is 0 Å². The Hall–Kier alpha value is 0. The van der Waals surface area contributed by atoms with Crippen molar-refractivity contribution in [1.29, 1.82) is 0 Å². The Labute approximate surface area is 78.8 Å². The molecule has 12 heavy (non-hydrogen) atoms. The van der Waals surface area contributed by atoms with Crippen LogP contribution in [0.2, 0.25) is 0 Å². The Kier molecular flexibility index (Phi) is 6.51. The zero-order valence-electron chi connectivity index (χ0n) is 9.56. The highest BCUT2D eigenvalue weighted by atomic mass is 14.2. The first kappa shape index (κ1) is 12.0. The van der Waals surface area contributed by atoms with E-state index in [9.17, 15) is 0 Å². The average Bonchev–Trinajstić information content (AvgIpc) is 2.04. The molecule has 0 aromatic rings. The molecule has 0 saturated heterocycles. The third-order valence-corrected chi connectivity index (χ3v) is 3.12. The molecule has 0 aromatic heterocycles. The fourth-order valence-corrected chi connectivity index (χ4v) is 2.02. The van der Waals surface area contributed by atoms with Crippen molar-refractivity contribution < 1.29 is 0 Å². The molecule has 0 heterocycles. The maximum absolute atomic E-state index is 2.40. The standard InChI is InChI=1S/C12H26/c1-6-8-9-12(10(3)4)11(5)7-2/h10-12H,6-9H2,1-5H3. The number of unbranched alkanes of at least 4 members (excludes halogenated alkanes) is 1. The third kappa shape index (κ3) is 4.13. The summed E-state index contributed by atoms with van der Waals surface area (Å²) in [6.07, 6.45) is 5.53. The van der Waals surface area contributed by atoms with E-state index >= 15 is 0 Å². The van der Waals surface area contributed by atoms with Gasteiger partial charge in [0.05, 0.1) is 0 Å². The molecule has 0 aliphatic heterocycles. The molecule has 0 radical (unpaired) electrons. The first-order valence-corrected chi connectivity index (χ1v) is 5.63. The lowest BCUT2D eigenvalue weighted by molar-refractivity contribution is 0.242. The lowest BCUT2D eigenvalue weighted by Crippen LogP contribution is -2.17. The van der Waals surface area contributed by atoms with Crippen molar-refractivity contribution in [3.63, 3.8) is 0 Å². The molecule has 0 spiro atoms. The van der Waals surface area contributed by atoms with Gasteiger partial charge < -0.3 is 0 Å². The summed E-state index contributed by atoms with van der Waals surface area (Å²) in [5.74, 6) is 2.73. The normalized spacial score (nSPS) is 16.5. The van der Waals surface area contributed by atoms with E-state index in [2.05, 4.69) is 34.6 Å². The quantitative estimate of drug-likeness (QED) is 0.551. The smallest absolute Gasteiger partial charge is 0.0365 e. The van der Waals surface area contributed by atoms with Crippen molar-refractivity contribution in [1.82, 2.24) is 0 Å². The van der Waals surface area contributed by atoms with Crippen LogP contribution >= 0.6 is 0 Å². The second-order valence-electron chi connectivity index (χ2n) is 4.44. The highest BCUT2D eigenvalue weighted by Crippen LogP contribution is 2.28. The fraction of sp³-hybridized carbons (Fsp3) is 1.00. The first-order chi connectivity index (χ1) is 5.63. The largest absolute Gasteiger partial charge is 0.0654 e. The van der Waals surface area contributed by atoms with E-state index in [1.807, 2.05) is 0 Å². The Morgan fingerprint density at radius 3 is 1.92 bits per heavy atom. The summed E-state index contributed by atoms with van der Waals surface area (Å²) in [7, 11) is 0. The number of hydrogen-bond donors (Lipinski definition) is 0. The van der Waals surface area contributed by atoms with Gasteiger partial charge in [0.25, 0.3) is 0 Å². The molecule has 0 aromatic carbocycles. The van der Waals surface area contributed by atoms with Gasteiger partial charge in [0.15, 0.2) is 0 Å². The van der Waals surface area contributed by atoms with Crippen molar-refractivity contribution >= 4 is 0 Å². The van der Waals surface area contributed by atoms with Gasteiger partial charge in [-0.15, -0.1) is 0 Å². The molecule has 0 heteroatoms. The van der Waals surface area contributed by atoms with E-state index in [0.717, 1.165) is 17.8 Å². The van der Waals surface area contributed by atoms with E-state index in [1.54, 1.807) is 0 Å². The van der Waals surface area contributed by atoms with E-state index in [4.69, 9.17) is 0 Å². The molecule has 0 aliphatic carbocycles. The topological polar surface area (TPSA) is 0 Å². The highest BCUT2D eigenvalue weighted by molar-refractivity contribution is 4.68. The van der Waals surface area contributed by atoms with Gasteiger partial charge in [-0.2, -0.15) is 0 Å². The second kappa shape index (κ2) is 6.51.